The van der Waals surface area contributed by atoms with E-state index in [0.717, 1.165) is 12.8 Å². The van der Waals surface area contributed by atoms with Crippen LogP contribution in [0.5, 0.6) is 0 Å². The highest BCUT2D eigenvalue weighted by atomic mass is 32.2. The van der Waals surface area contributed by atoms with Crippen molar-refractivity contribution in [2.75, 3.05) is 18.9 Å². The Morgan fingerprint density at radius 2 is 1.95 bits per heavy atom. The molecule has 1 atom stereocenters. The molecule has 0 saturated carbocycles. The zero-order valence-corrected chi connectivity index (χ0v) is 13.9. The number of hydrogen-bond acceptors (Lipinski definition) is 3. The van der Waals surface area contributed by atoms with Crippen LogP contribution in [0.15, 0.2) is 30.3 Å². The van der Waals surface area contributed by atoms with E-state index < -0.39 is 15.6 Å². The molecule has 1 aromatic carbocycles. The maximum absolute atomic E-state index is 12.3. The van der Waals surface area contributed by atoms with Crippen molar-refractivity contribution in [3.05, 3.63) is 35.9 Å². The molecule has 21 heavy (non-hydrogen) atoms. The molecule has 1 aromatic rings. The molecule has 0 bridgehead atoms. The van der Waals surface area contributed by atoms with Gasteiger partial charge in [0.2, 0.25) is 10.0 Å². The van der Waals surface area contributed by atoms with Crippen molar-refractivity contribution in [2.45, 2.75) is 45.3 Å². The quantitative estimate of drug-likeness (QED) is 0.839. The molecule has 0 aromatic heterocycles. The molecule has 0 aliphatic carbocycles. The van der Waals surface area contributed by atoms with Crippen LogP contribution in [-0.4, -0.2) is 43.3 Å². The van der Waals surface area contributed by atoms with Crippen molar-refractivity contribution < 1.29 is 13.2 Å². The number of hydrogen-bond donors (Lipinski definition) is 0. The maximum atomic E-state index is 12.3. The number of nitrogens with zero attached hydrogens (tertiary/aromatic N) is 1. The maximum Gasteiger partial charge on any atom is 0.214 e. The Morgan fingerprint density at radius 3 is 2.57 bits per heavy atom. The van der Waals surface area contributed by atoms with Crippen molar-refractivity contribution in [3.63, 3.8) is 0 Å². The second kappa shape index (κ2) is 6.46. The SMILES string of the molecule is CCS(=O)(=O)N1CC(CCc2ccccc2)OCC1(C)C. The van der Waals surface area contributed by atoms with Crippen molar-refractivity contribution in [1.82, 2.24) is 4.31 Å². The third kappa shape index (κ3) is 4.05. The van der Waals surface area contributed by atoms with Gasteiger partial charge in [-0.3, -0.25) is 0 Å². The molecule has 0 spiro atoms. The fraction of sp³-hybridized carbons (Fsp3) is 0.625. The Labute approximate surface area is 128 Å². The topological polar surface area (TPSA) is 46.6 Å². The predicted octanol–water partition coefficient (Wildman–Crippen LogP) is 2.45. The first-order valence-electron chi connectivity index (χ1n) is 7.51. The van der Waals surface area contributed by atoms with Crippen LogP contribution in [-0.2, 0) is 21.2 Å². The fourth-order valence-electron chi connectivity index (χ4n) is 2.67. The van der Waals surface area contributed by atoms with Gasteiger partial charge in [-0.15, -0.1) is 0 Å². The first-order valence-corrected chi connectivity index (χ1v) is 9.12. The summed E-state index contributed by atoms with van der Waals surface area (Å²) in [4.78, 5) is 0. The highest BCUT2D eigenvalue weighted by Crippen LogP contribution is 2.27. The second-order valence-electron chi connectivity index (χ2n) is 6.20. The van der Waals surface area contributed by atoms with Gasteiger partial charge in [-0.2, -0.15) is 4.31 Å². The van der Waals surface area contributed by atoms with Gasteiger partial charge in [-0.1, -0.05) is 30.3 Å². The minimum Gasteiger partial charge on any atom is -0.375 e. The molecule has 118 valence electrons. The zero-order valence-electron chi connectivity index (χ0n) is 13.1. The van der Waals surface area contributed by atoms with Gasteiger partial charge in [-0.05, 0) is 39.2 Å². The van der Waals surface area contributed by atoms with E-state index >= 15 is 0 Å². The van der Waals surface area contributed by atoms with Crippen molar-refractivity contribution >= 4 is 10.0 Å². The molecule has 0 amide bonds. The van der Waals surface area contributed by atoms with Crippen molar-refractivity contribution in [1.29, 1.82) is 0 Å². The third-order valence-electron chi connectivity index (χ3n) is 4.02. The Bertz CT molecular complexity index is 554. The first kappa shape index (κ1) is 16.5. The van der Waals surface area contributed by atoms with Crippen LogP contribution >= 0.6 is 0 Å². The van der Waals surface area contributed by atoms with Gasteiger partial charge < -0.3 is 4.74 Å². The average molecular weight is 311 g/mol. The van der Waals surface area contributed by atoms with Crippen LogP contribution < -0.4 is 0 Å². The fourth-order valence-corrected chi connectivity index (χ4v) is 4.18. The zero-order chi connectivity index (χ0) is 15.5. The molecule has 1 unspecified atom stereocenters. The molecule has 1 heterocycles. The first-order chi connectivity index (χ1) is 9.85. The molecule has 5 heteroatoms. The summed E-state index contributed by atoms with van der Waals surface area (Å²) in [5.74, 6) is 0.141. The van der Waals surface area contributed by atoms with Gasteiger partial charge in [0.25, 0.3) is 0 Å². The highest BCUT2D eigenvalue weighted by molar-refractivity contribution is 7.89. The largest absolute Gasteiger partial charge is 0.375 e. The number of rotatable bonds is 5. The van der Waals surface area contributed by atoms with Crippen molar-refractivity contribution in [2.24, 2.45) is 0 Å². The molecular formula is C16H25NO3S. The Morgan fingerprint density at radius 1 is 1.29 bits per heavy atom. The molecule has 1 aliphatic rings. The average Bonchev–Trinajstić information content (AvgIpc) is 2.46. The monoisotopic (exact) mass is 311 g/mol. The van der Waals surface area contributed by atoms with Crippen LogP contribution in [0.25, 0.3) is 0 Å². The summed E-state index contributed by atoms with van der Waals surface area (Å²) in [5.41, 5.74) is 0.800. The van der Waals surface area contributed by atoms with E-state index in [1.165, 1.54) is 5.56 Å². The Hall–Kier alpha value is -0.910. The second-order valence-corrected chi connectivity index (χ2v) is 8.38. The lowest BCUT2D eigenvalue weighted by atomic mass is 10.0. The van der Waals surface area contributed by atoms with Crippen LogP contribution in [0.3, 0.4) is 0 Å². The molecular weight excluding hydrogens is 286 g/mol. The summed E-state index contributed by atoms with van der Waals surface area (Å²) in [6.07, 6.45) is 1.72. The minimum atomic E-state index is -3.19. The van der Waals surface area contributed by atoms with Crippen LogP contribution in [0, 0.1) is 0 Å². The number of benzene rings is 1. The third-order valence-corrected chi connectivity index (χ3v) is 6.06. The highest BCUT2D eigenvalue weighted by Gasteiger charge is 2.41. The minimum absolute atomic E-state index is 0.0282. The van der Waals surface area contributed by atoms with E-state index in [9.17, 15) is 8.42 Å². The molecule has 0 N–H and O–H groups in total. The van der Waals surface area contributed by atoms with E-state index in [1.807, 2.05) is 32.0 Å². The molecule has 4 nitrogen and oxygen atoms in total. The molecule has 1 fully saturated rings. The Kier molecular flexibility index (Phi) is 5.07. The lowest BCUT2D eigenvalue weighted by Crippen LogP contribution is -2.58. The van der Waals surface area contributed by atoms with Gasteiger partial charge in [0.05, 0.1) is 24.0 Å². The van der Waals surface area contributed by atoms with E-state index in [2.05, 4.69) is 12.1 Å². The van der Waals surface area contributed by atoms with Crippen LogP contribution in [0.2, 0.25) is 0 Å². The lowest BCUT2D eigenvalue weighted by Gasteiger charge is -2.44. The smallest absolute Gasteiger partial charge is 0.214 e. The number of aryl methyl sites for hydroxylation is 1. The summed E-state index contributed by atoms with van der Waals surface area (Å²) < 4.78 is 32.0. The number of morpholine rings is 1. The summed E-state index contributed by atoms with van der Waals surface area (Å²) in [7, 11) is -3.19. The van der Waals surface area contributed by atoms with E-state index in [4.69, 9.17) is 4.74 Å². The molecule has 0 radical (unpaired) electrons. The van der Waals surface area contributed by atoms with Gasteiger partial charge in [0, 0.05) is 6.54 Å². The molecule has 2 rings (SSSR count). The lowest BCUT2D eigenvalue weighted by molar-refractivity contribution is -0.0662. The predicted molar refractivity (Wildman–Crippen MR) is 84.7 cm³/mol. The number of ether oxygens (including phenoxy) is 1. The number of sulfonamides is 1. The Balaban J connectivity index is 2.01. The van der Waals surface area contributed by atoms with Gasteiger partial charge in [-0.25, -0.2) is 8.42 Å². The summed E-state index contributed by atoms with van der Waals surface area (Å²) in [5, 5.41) is 0. The van der Waals surface area contributed by atoms with E-state index in [0.29, 0.717) is 13.2 Å². The molecule has 1 saturated heterocycles. The van der Waals surface area contributed by atoms with Gasteiger partial charge in [0.1, 0.15) is 0 Å². The van der Waals surface area contributed by atoms with Crippen LogP contribution in [0.1, 0.15) is 32.8 Å². The summed E-state index contributed by atoms with van der Waals surface area (Å²) in [6.45, 7) is 6.45. The summed E-state index contributed by atoms with van der Waals surface area (Å²) >= 11 is 0. The summed E-state index contributed by atoms with van der Waals surface area (Å²) in [6, 6.07) is 10.2. The van der Waals surface area contributed by atoms with Gasteiger partial charge in [0.15, 0.2) is 0 Å². The van der Waals surface area contributed by atoms with E-state index in [-0.39, 0.29) is 11.9 Å². The standard InChI is InChI=1S/C16H25NO3S/c1-4-21(18,19)17-12-15(20-13-16(17,2)3)11-10-14-8-6-5-7-9-14/h5-9,15H,4,10-13H2,1-3H3. The van der Waals surface area contributed by atoms with Gasteiger partial charge >= 0.3 is 0 Å². The molecule has 1 aliphatic heterocycles. The van der Waals surface area contributed by atoms with Crippen molar-refractivity contribution in [3.8, 4) is 0 Å². The van der Waals surface area contributed by atoms with E-state index in [1.54, 1.807) is 11.2 Å². The van der Waals surface area contributed by atoms with Crippen LogP contribution in [0.4, 0.5) is 0 Å². The normalized spacial score (nSPS) is 23.1.